The third kappa shape index (κ3) is 2.21. The Labute approximate surface area is 92.7 Å². The molecule has 0 saturated heterocycles. The van der Waals surface area contributed by atoms with Crippen LogP contribution >= 0.6 is 0 Å². The lowest BCUT2D eigenvalue weighted by Crippen LogP contribution is -2.20. The normalized spacial score (nSPS) is 16.9. The Balaban J connectivity index is 1.99. The van der Waals surface area contributed by atoms with Gasteiger partial charge in [-0.05, 0) is 12.8 Å². The van der Waals surface area contributed by atoms with Gasteiger partial charge < -0.3 is 15.2 Å². The van der Waals surface area contributed by atoms with Crippen molar-refractivity contribution < 1.29 is 14.2 Å². The molecule has 1 aliphatic rings. The zero-order chi connectivity index (χ0) is 11.6. The summed E-state index contributed by atoms with van der Waals surface area (Å²) in [7, 11) is 1.35. The SMILES string of the molecule is COc1nc(NCC2(CO)CC2)ncc1F. The van der Waals surface area contributed by atoms with Crippen LogP contribution in [0.25, 0.3) is 0 Å². The number of anilines is 1. The predicted molar refractivity (Wildman–Crippen MR) is 55.8 cm³/mol. The van der Waals surface area contributed by atoms with E-state index in [0.717, 1.165) is 19.0 Å². The molecule has 1 heterocycles. The second-order valence-electron chi connectivity index (χ2n) is 4.06. The van der Waals surface area contributed by atoms with E-state index >= 15 is 0 Å². The highest BCUT2D eigenvalue weighted by Gasteiger charge is 2.41. The van der Waals surface area contributed by atoms with Gasteiger partial charge in [-0.25, -0.2) is 4.98 Å². The minimum absolute atomic E-state index is 0.0367. The number of aromatic nitrogens is 2. The lowest BCUT2D eigenvalue weighted by molar-refractivity contribution is 0.219. The van der Waals surface area contributed by atoms with Crippen molar-refractivity contribution in [2.45, 2.75) is 12.8 Å². The molecule has 0 unspecified atom stereocenters. The summed E-state index contributed by atoms with van der Waals surface area (Å²) in [5.41, 5.74) is -0.0367. The average Bonchev–Trinajstić information content (AvgIpc) is 3.09. The Morgan fingerprint density at radius 1 is 1.62 bits per heavy atom. The van der Waals surface area contributed by atoms with Crippen LogP contribution in [0, 0.1) is 11.2 Å². The molecule has 0 bridgehead atoms. The number of nitrogens with zero attached hydrogens (tertiary/aromatic N) is 2. The molecule has 0 spiro atoms. The maximum absolute atomic E-state index is 13.0. The lowest BCUT2D eigenvalue weighted by Gasteiger charge is -2.12. The first-order valence-corrected chi connectivity index (χ1v) is 5.10. The first kappa shape index (κ1) is 11.1. The minimum atomic E-state index is -0.587. The van der Waals surface area contributed by atoms with Gasteiger partial charge in [0.05, 0.1) is 19.9 Å². The maximum atomic E-state index is 13.0. The molecule has 0 aromatic carbocycles. The molecule has 16 heavy (non-hydrogen) atoms. The molecule has 5 nitrogen and oxygen atoms in total. The average molecular weight is 227 g/mol. The van der Waals surface area contributed by atoms with E-state index in [0.29, 0.717) is 12.5 Å². The van der Waals surface area contributed by atoms with Crippen LogP contribution in [0.5, 0.6) is 5.88 Å². The molecule has 0 aliphatic heterocycles. The first-order chi connectivity index (χ1) is 7.69. The van der Waals surface area contributed by atoms with E-state index in [1.165, 1.54) is 7.11 Å². The van der Waals surface area contributed by atoms with Crippen molar-refractivity contribution in [3.63, 3.8) is 0 Å². The Hall–Kier alpha value is -1.43. The van der Waals surface area contributed by atoms with Crippen molar-refractivity contribution in [2.75, 3.05) is 25.6 Å². The van der Waals surface area contributed by atoms with Crippen LogP contribution in [-0.4, -0.2) is 35.3 Å². The maximum Gasteiger partial charge on any atom is 0.255 e. The summed E-state index contributed by atoms with van der Waals surface area (Å²) in [4.78, 5) is 7.65. The van der Waals surface area contributed by atoms with Gasteiger partial charge in [-0.3, -0.25) is 0 Å². The highest BCUT2D eigenvalue weighted by Crippen LogP contribution is 2.44. The van der Waals surface area contributed by atoms with E-state index in [9.17, 15) is 4.39 Å². The molecule has 88 valence electrons. The molecule has 2 N–H and O–H groups in total. The molecule has 2 rings (SSSR count). The number of hydrogen-bond acceptors (Lipinski definition) is 5. The van der Waals surface area contributed by atoms with Gasteiger partial charge in [-0.15, -0.1) is 0 Å². The van der Waals surface area contributed by atoms with Gasteiger partial charge in [0.25, 0.3) is 5.88 Å². The van der Waals surface area contributed by atoms with Crippen molar-refractivity contribution in [3.05, 3.63) is 12.0 Å². The van der Waals surface area contributed by atoms with E-state index in [1.54, 1.807) is 0 Å². The fourth-order valence-corrected chi connectivity index (χ4v) is 1.41. The van der Waals surface area contributed by atoms with Crippen molar-refractivity contribution in [2.24, 2.45) is 5.41 Å². The second-order valence-corrected chi connectivity index (χ2v) is 4.06. The van der Waals surface area contributed by atoms with Gasteiger partial charge in [-0.2, -0.15) is 9.37 Å². The zero-order valence-corrected chi connectivity index (χ0v) is 9.03. The van der Waals surface area contributed by atoms with Gasteiger partial charge in [-0.1, -0.05) is 0 Å². The van der Waals surface area contributed by atoms with E-state index < -0.39 is 5.82 Å². The molecular formula is C10H14FN3O2. The lowest BCUT2D eigenvalue weighted by atomic mass is 10.1. The van der Waals surface area contributed by atoms with Crippen molar-refractivity contribution in [1.82, 2.24) is 9.97 Å². The fraction of sp³-hybridized carbons (Fsp3) is 0.600. The second kappa shape index (κ2) is 4.21. The molecule has 1 fully saturated rings. The molecule has 1 aliphatic carbocycles. The summed E-state index contributed by atoms with van der Waals surface area (Å²) in [6.45, 7) is 0.747. The number of nitrogens with one attached hydrogen (secondary N) is 1. The number of aliphatic hydroxyl groups is 1. The third-order valence-electron chi connectivity index (χ3n) is 2.82. The Morgan fingerprint density at radius 2 is 2.38 bits per heavy atom. The van der Waals surface area contributed by atoms with Crippen LogP contribution < -0.4 is 10.1 Å². The Kier molecular flexibility index (Phi) is 2.91. The molecule has 1 aromatic heterocycles. The molecule has 1 aromatic rings. The molecule has 0 atom stereocenters. The van der Waals surface area contributed by atoms with E-state index in [-0.39, 0.29) is 17.9 Å². The first-order valence-electron chi connectivity index (χ1n) is 5.10. The van der Waals surface area contributed by atoms with Crippen LogP contribution in [0.4, 0.5) is 10.3 Å². The summed E-state index contributed by atoms with van der Waals surface area (Å²) >= 11 is 0. The standard InChI is InChI=1S/C10H14FN3O2/c1-16-8-7(11)4-12-9(14-8)13-5-10(6-15)2-3-10/h4,15H,2-3,5-6H2,1H3,(H,12,13,14). The summed E-state index contributed by atoms with van der Waals surface area (Å²) in [6, 6.07) is 0. The number of aliphatic hydroxyl groups excluding tert-OH is 1. The van der Waals surface area contributed by atoms with Gasteiger partial charge >= 0.3 is 0 Å². The summed E-state index contributed by atoms with van der Waals surface area (Å²) in [6.07, 6.45) is 3.05. The van der Waals surface area contributed by atoms with Crippen LogP contribution in [0.1, 0.15) is 12.8 Å². The zero-order valence-electron chi connectivity index (χ0n) is 9.03. The van der Waals surface area contributed by atoms with Crippen molar-refractivity contribution in [3.8, 4) is 5.88 Å². The fourth-order valence-electron chi connectivity index (χ4n) is 1.41. The predicted octanol–water partition coefficient (Wildman–Crippen LogP) is 0.809. The van der Waals surface area contributed by atoms with Gasteiger partial charge in [0.1, 0.15) is 0 Å². The van der Waals surface area contributed by atoms with Crippen LogP contribution in [0.3, 0.4) is 0 Å². The topological polar surface area (TPSA) is 67.3 Å². The number of halogens is 1. The number of methoxy groups -OCH3 is 1. The Bertz CT molecular complexity index is 382. The highest BCUT2D eigenvalue weighted by molar-refractivity contribution is 5.29. The van der Waals surface area contributed by atoms with Crippen molar-refractivity contribution in [1.29, 1.82) is 0 Å². The monoisotopic (exact) mass is 227 g/mol. The van der Waals surface area contributed by atoms with E-state index in [4.69, 9.17) is 9.84 Å². The van der Waals surface area contributed by atoms with Gasteiger partial charge in [0.2, 0.25) is 11.8 Å². The smallest absolute Gasteiger partial charge is 0.255 e. The van der Waals surface area contributed by atoms with Gasteiger partial charge in [0.15, 0.2) is 0 Å². The molecule has 0 radical (unpaired) electrons. The minimum Gasteiger partial charge on any atom is -0.479 e. The number of hydrogen-bond donors (Lipinski definition) is 2. The molecule has 1 saturated carbocycles. The van der Waals surface area contributed by atoms with Gasteiger partial charge in [0, 0.05) is 12.0 Å². The third-order valence-corrected chi connectivity index (χ3v) is 2.82. The summed E-state index contributed by atoms with van der Waals surface area (Å²) in [5.74, 6) is -0.347. The molecule has 6 heteroatoms. The Morgan fingerprint density at radius 3 is 2.94 bits per heavy atom. The molecular weight excluding hydrogens is 213 g/mol. The van der Waals surface area contributed by atoms with Crippen molar-refractivity contribution >= 4 is 5.95 Å². The van der Waals surface area contributed by atoms with Crippen LogP contribution in [-0.2, 0) is 0 Å². The summed E-state index contributed by atoms with van der Waals surface area (Å²) < 4.78 is 17.7. The van der Waals surface area contributed by atoms with Crippen LogP contribution in [0.2, 0.25) is 0 Å². The van der Waals surface area contributed by atoms with E-state index in [1.807, 2.05) is 0 Å². The summed E-state index contributed by atoms with van der Waals surface area (Å²) in [5, 5.41) is 12.1. The van der Waals surface area contributed by atoms with Crippen LogP contribution in [0.15, 0.2) is 6.20 Å². The number of rotatable bonds is 5. The van der Waals surface area contributed by atoms with E-state index in [2.05, 4.69) is 15.3 Å². The quantitative estimate of drug-likeness (QED) is 0.779. The number of ether oxygens (including phenoxy) is 1. The largest absolute Gasteiger partial charge is 0.479 e. The highest BCUT2D eigenvalue weighted by atomic mass is 19.1. The molecule has 0 amide bonds.